The maximum atomic E-state index is 9.52. The number of halogens is 2. The minimum Gasteiger partial charge on any atom is -0.394 e. The predicted octanol–water partition coefficient (Wildman–Crippen LogP) is 4.45. The Morgan fingerprint density at radius 1 is 1.11 bits per heavy atom. The van der Waals surface area contributed by atoms with Gasteiger partial charge in [-0.25, -0.2) is 0 Å². The second-order valence-corrected chi connectivity index (χ2v) is 5.24. The fourth-order valence-electron chi connectivity index (χ4n) is 1.81. The van der Waals surface area contributed by atoms with Gasteiger partial charge in [-0.15, -0.1) is 0 Å². The number of aryl methyl sites for hydroxylation is 1. The van der Waals surface area contributed by atoms with E-state index >= 15 is 0 Å². The Labute approximate surface area is 123 Å². The second-order valence-electron chi connectivity index (χ2n) is 4.40. The molecule has 2 nitrogen and oxygen atoms in total. The van der Waals surface area contributed by atoms with Crippen molar-refractivity contribution < 1.29 is 5.11 Å². The first-order chi connectivity index (χ1) is 9.10. The lowest BCUT2D eigenvalue weighted by molar-refractivity contribution is 0.276. The van der Waals surface area contributed by atoms with Crippen LogP contribution in [0.1, 0.15) is 17.2 Å². The average Bonchev–Trinajstić information content (AvgIpc) is 2.41. The Morgan fingerprint density at radius 2 is 1.79 bits per heavy atom. The standard InChI is InChI=1S/C15H15Cl2NO/c1-10-2-3-11(8-14(10)17)15(9-19)18-13-6-4-12(16)5-7-13/h2-8,15,18-19H,9H2,1H3. The zero-order chi connectivity index (χ0) is 13.8. The van der Waals surface area contributed by atoms with Crippen LogP contribution < -0.4 is 5.32 Å². The van der Waals surface area contributed by atoms with E-state index in [1.165, 1.54) is 0 Å². The van der Waals surface area contributed by atoms with Crippen molar-refractivity contribution >= 4 is 28.9 Å². The van der Waals surface area contributed by atoms with Gasteiger partial charge in [-0.1, -0.05) is 35.3 Å². The molecule has 0 saturated carbocycles. The molecule has 0 amide bonds. The molecule has 2 aromatic carbocycles. The largest absolute Gasteiger partial charge is 0.394 e. The summed E-state index contributed by atoms with van der Waals surface area (Å²) in [5.41, 5.74) is 2.88. The normalized spacial score (nSPS) is 12.2. The third kappa shape index (κ3) is 3.63. The van der Waals surface area contributed by atoms with Gasteiger partial charge in [-0.05, 0) is 48.4 Å². The molecule has 0 fully saturated rings. The Hall–Kier alpha value is -1.22. The van der Waals surface area contributed by atoms with Gasteiger partial charge in [0, 0.05) is 15.7 Å². The second kappa shape index (κ2) is 6.29. The Morgan fingerprint density at radius 3 is 2.37 bits per heavy atom. The fraction of sp³-hybridized carbons (Fsp3) is 0.200. The molecule has 2 aromatic rings. The molecule has 2 N–H and O–H groups in total. The third-order valence-electron chi connectivity index (χ3n) is 2.97. The van der Waals surface area contributed by atoms with Crippen LogP contribution in [-0.2, 0) is 0 Å². The Bertz CT molecular complexity index is 555. The number of aliphatic hydroxyl groups excluding tert-OH is 1. The van der Waals surface area contributed by atoms with Crippen LogP contribution in [0.4, 0.5) is 5.69 Å². The topological polar surface area (TPSA) is 32.3 Å². The van der Waals surface area contributed by atoms with Crippen molar-refractivity contribution in [2.45, 2.75) is 13.0 Å². The van der Waals surface area contributed by atoms with Crippen molar-refractivity contribution in [1.82, 2.24) is 0 Å². The molecule has 0 aromatic heterocycles. The summed E-state index contributed by atoms with van der Waals surface area (Å²) in [6, 6.07) is 13.0. The highest BCUT2D eigenvalue weighted by molar-refractivity contribution is 6.31. The molecule has 1 unspecified atom stereocenters. The lowest BCUT2D eigenvalue weighted by Gasteiger charge is -2.18. The lowest BCUT2D eigenvalue weighted by atomic mass is 10.1. The van der Waals surface area contributed by atoms with Crippen molar-refractivity contribution in [1.29, 1.82) is 0 Å². The Balaban J connectivity index is 2.19. The van der Waals surface area contributed by atoms with Gasteiger partial charge in [0.1, 0.15) is 0 Å². The summed E-state index contributed by atoms with van der Waals surface area (Å²) >= 11 is 12.0. The van der Waals surface area contributed by atoms with Crippen LogP contribution in [0.3, 0.4) is 0 Å². The number of benzene rings is 2. The van der Waals surface area contributed by atoms with E-state index in [2.05, 4.69) is 5.32 Å². The van der Waals surface area contributed by atoms with Crippen LogP contribution in [0.2, 0.25) is 10.0 Å². The van der Waals surface area contributed by atoms with Crippen LogP contribution in [0.25, 0.3) is 0 Å². The van der Waals surface area contributed by atoms with Gasteiger partial charge in [0.15, 0.2) is 0 Å². The number of rotatable bonds is 4. The summed E-state index contributed by atoms with van der Waals surface area (Å²) in [5.74, 6) is 0. The van der Waals surface area contributed by atoms with Gasteiger partial charge < -0.3 is 10.4 Å². The van der Waals surface area contributed by atoms with Gasteiger partial charge in [0.25, 0.3) is 0 Å². The van der Waals surface area contributed by atoms with Crippen molar-refractivity contribution in [2.75, 3.05) is 11.9 Å². The molecule has 0 saturated heterocycles. The minimum absolute atomic E-state index is 0.0119. The summed E-state index contributed by atoms with van der Waals surface area (Å²) in [6.45, 7) is 1.94. The van der Waals surface area contributed by atoms with E-state index in [-0.39, 0.29) is 12.6 Å². The summed E-state index contributed by atoms with van der Waals surface area (Å²) in [4.78, 5) is 0. The highest BCUT2D eigenvalue weighted by Crippen LogP contribution is 2.24. The first-order valence-corrected chi connectivity index (χ1v) is 6.75. The summed E-state index contributed by atoms with van der Waals surface area (Å²) in [7, 11) is 0. The van der Waals surface area contributed by atoms with E-state index < -0.39 is 0 Å². The summed E-state index contributed by atoms with van der Waals surface area (Å²) in [6.07, 6.45) is 0. The summed E-state index contributed by atoms with van der Waals surface area (Å²) in [5, 5.41) is 14.2. The minimum atomic E-state index is -0.195. The van der Waals surface area contributed by atoms with E-state index in [0.29, 0.717) is 10.0 Å². The molecule has 0 aliphatic heterocycles. The van der Waals surface area contributed by atoms with Gasteiger partial charge in [-0.2, -0.15) is 0 Å². The molecule has 0 bridgehead atoms. The van der Waals surface area contributed by atoms with Gasteiger partial charge in [0.2, 0.25) is 0 Å². The molecule has 100 valence electrons. The molecule has 0 aliphatic rings. The van der Waals surface area contributed by atoms with Gasteiger partial charge >= 0.3 is 0 Å². The lowest BCUT2D eigenvalue weighted by Crippen LogP contribution is -2.14. The van der Waals surface area contributed by atoms with Crippen molar-refractivity contribution in [3.8, 4) is 0 Å². The van der Waals surface area contributed by atoms with Crippen LogP contribution >= 0.6 is 23.2 Å². The summed E-state index contributed by atoms with van der Waals surface area (Å²) < 4.78 is 0. The highest BCUT2D eigenvalue weighted by atomic mass is 35.5. The molecule has 0 heterocycles. The fourth-order valence-corrected chi connectivity index (χ4v) is 2.12. The Kier molecular flexibility index (Phi) is 4.70. The zero-order valence-electron chi connectivity index (χ0n) is 10.5. The first-order valence-electron chi connectivity index (χ1n) is 5.99. The molecule has 0 spiro atoms. The number of aliphatic hydroxyl groups is 1. The first kappa shape index (κ1) is 14.2. The van der Waals surface area contributed by atoms with E-state index in [0.717, 1.165) is 16.8 Å². The molecule has 1 atom stereocenters. The smallest absolute Gasteiger partial charge is 0.0745 e. The maximum absolute atomic E-state index is 9.52. The molecule has 2 rings (SSSR count). The van der Waals surface area contributed by atoms with Crippen LogP contribution in [0, 0.1) is 6.92 Å². The van der Waals surface area contributed by atoms with Crippen molar-refractivity contribution in [3.63, 3.8) is 0 Å². The number of hydrogen-bond acceptors (Lipinski definition) is 2. The number of nitrogens with one attached hydrogen (secondary N) is 1. The molecular weight excluding hydrogens is 281 g/mol. The quantitative estimate of drug-likeness (QED) is 0.873. The molecule has 4 heteroatoms. The number of anilines is 1. The van der Waals surface area contributed by atoms with E-state index in [1.54, 1.807) is 12.1 Å². The SMILES string of the molecule is Cc1ccc(C(CO)Nc2ccc(Cl)cc2)cc1Cl. The highest BCUT2D eigenvalue weighted by Gasteiger charge is 2.11. The predicted molar refractivity (Wildman–Crippen MR) is 81.1 cm³/mol. The van der Waals surface area contributed by atoms with Gasteiger partial charge in [-0.3, -0.25) is 0 Å². The number of hydrogen-bond donors (Lipinski definition) is 2. The van der Waals surface area contributed by atoms with Crippen molar-refractivity contribution in [3.05, 3.63) is 63.6 Å². The van der Waals surface area contributed by atoms with Crippen molar-refractivity contribution in [2.24, 2.45) is 0 Å². The zero-order valence-corrected chi connectivity index (χ0v) is 12.0. The third-order valence-corrected chi connectivity index (χ3v) is 3.63. The van der Waals surface area contributed by atoms with E-state index in [9.17, 15) is 5.11 Å². The molecule has 0 aliphatic carbocycles. The van der Waals surface area contributed by atoms with Crippen LogP contribution in [0.15, 0.2) is 42.5 Å². The van der Waals surface area contributed by atoms with Gasteiger partial charge in [0.05, 0.1) is 12.6 Å². The average molecular weight is 296 g/mol. The maximum Gasteiger partial charge on any atom is 0.0745 e. The van der Waals surface area contributed by atoms with Crippen LogP contribution in [0.5, 0.6) is 0 Å². The monoisotopic (exact) mass is 295 g/mol. The molecular formula is C15H15Cl2NO. The van der Waals surface area contributed by atoms with E-state index in [1.807, 2.05) is 37.3 Å². The molecule has 19 heavy (non-hydrogen) atoms. The molecule has 0 radical (unpaired) electrons. The van der Waals surface area contributed by atoms with Crippen LogP contribution in [-0.4, -0.2) is 11.7 Å². The van der Waals surface area contributed by atoms with E-state index in [4.69, 9.17) is 23.2 Å².